The van der Waals surface area contributed by atoms with Crippen molar-refractivity contribution in [2.24, 2.45) is 11.8 Å². The molecular formula is C37H52F4O. The zero-order valence-electron chi connectivity index (χ0n) is 25.9. The summed E-state index contributed by atoms with van der Waals surface area (Å²) in [5.74, 6) is 1.73. The first-order valence-electron chi connectivity index (χ1n) is 16.8. The van der Waals surface area contributed by atoms with Crippen molar-refractivity contribution in [3.63, 3.8) is 0 Å². The molecule has 0 amide bonds. The summed E-state index contributed by atoms with van der Waals surface area (Å²) < 4.78 is 64.2. The fraction of sp³-hybridized carbons (Fsp3) is 0.676. The number of hydrogen-bond donors (Lipinski definition) is 0. The van der Waals surface area contributed by atoms with Crippen LogP contribution in [0.5, 0.6) is 0 Å². The first kappa shape index (κ1) is 33.0. The zero-order valence-corrected chi connectivity index (χ0v) is 25.9. The van der Waals surface area contributed by atoms with Gasteiger partial charge in [0.05, 0.1) is 6.61 Å². The largest absolute Gasteiger partial charge is 0.391 e. The minimum atomic E-state index is -4.01. The molecule has 0 aliphatic heterocycles. The number of hydrogen-bond acceptors (Lipinski definition) is 1. The average Bonchev–Trinajstić information content (AvgIpc) is 3.01. The maximum Gasteiger partial charge on any atom is 0.391 e. The topological polar surface area (TPSA) is 9.23 Å². The van der Waals surface area contributed by atoms with Crippen molar-refractivity contribution in [1.82, 2.24) is 0 Å². The van der Waals surface area contributed by atoms with Crippen LogP contribution in [0.1, 0.15) is 157 Å². The third-order valence-electron chi connectivity index (χ3n) is 10.1. The van der Waals surface area contributed by atoms with Crippen LogP contribution in [-0.2, 0) is 11.3 Å². The number of benzene rings is 2. The highest BCUT2D eigenvalue weighted by Crippen LogP contribution is 2.41. The monoisotopic (exact) mass is 588 g/mol. The molecule has 2 aliphatic rings. The molecule has 0 saturated heterocycles. The van der Waals surface area contributed by atoms with Crippen LogP contribution < -0.4 is 0 Å². The molecule has 0 heterocycles. The van der Waals surface area contributed by atoms with Gasteiger partial charge in [0.1, 0.15) is 5.82 Å². The predicted molar refractivity (Wildman–Crippen MR) is 164 cm³/mol. The molecule has 1 atom stereocenters. The molecule has 2 aliphatic carbocycles. The van der Waals surface area contributed by atoms with E-state index in [1.165, 1.54) is 82.4 Å². The SMILES string of the molecule is CCCCCC1CCC(c2ccc(C(F)C(F)(F)OCc3ccc(C4CCC(CCCCC)CC4)c(F)c3)cc2)CC1. The Morgan fingerprint density at radius 1 is 0.738 bits per heavy atom. The molecule has 0 N–H and O–H groups in total. The third kappa shape index (κ3) is 9.31. The van der Waals surface area contributed by atoms with E-state index in [9.17, 15) is 17.6 Å². The summed E-state index contributed by atoms with van der Waals surface area (Å²) in [6.07, 6.45) is 12.3. The fourth-order valence-corrected chi connectivity index (χ4v) is 7.29. The average molecular weight is 589 g/mol. The molecule has 5 heteroatoms. The number of ether oxygens (including phenoxy) is 1. The smallest absolute Gasteiger partial charge is 0.313 e. The predicted octanol–water partition coefficient (Wildman–Crippen LogP) is 12.4. The van der Waals surface area contributed by atoms with Crippen molar-refractivity contribution in [2.45, 2.75) is 147 Å². The lowest BCUT2D eigenvalue weighted by Crippen LogP contribution is -2.27. The van der Waals surface area contributed by atoms with Gasteiger partial charge in [0.2, 0.25) is 6.17 Å². The van der Waals surface area contributed by atoms with Crippen molar-refractivity contribution in [1.29, 1.82) is 0 Å². The van der Waals surface area contributed by atoms with Gasteiger partial charge in [-0.2, -0.15) is 8.78 Å². The minimum Gasteiger partial charge on any atom is -0.313 e. The summed E-state index contributed by atoms with van der Waals surface area (Å²) >= 11 is 0. The van der Waals surface area contributed by atoms with E-state index in [1.807, 2.05) is 0 Å². The molecule has 2 aromatic carbocycles. The summed E-state index contributed by atoms with van der Waals surface area (Å²) in [5.41, 5.74) is 1.95. The van der Waals surface area contributed by atoms with Crippen molar-refractivity contribution in [3.05, 3.63) is 70.5 Å². The quantitative estimate of drug-likeness (QED) is 0.149. The van der Waals surface area contributed by atoms with E-state index in [-0.39, 0.29) is 22.9 Å². The lowest BCUT2D eigenvalue weighted by atomic mass is 9.77. The summed E-state index contributed by atoms with van der Waals surface area (Å²) in [6, 6.07) is 11.2. The highest BCUT2D eigenvalue weighted by Gasteiger charge is 2.43. The van der Waals surface area contributed by atoms with Crippen molar-refractivity contribution in [3.8, 4) is 0 Å². The molecule has 4 rings (SSSR count). The minimum absolute atomic E-state index is 0.0937. The van der Waals surface area contributed by atoms with Crippen LogP contribution in [0.25, 0.3) is 0 Å². The Hall–Kier alpha value is -1.88. The van der Waals surface area contributed by atoms with Gasteiger partial charge >= 0.3 is 6.11 Å². The second-order valence-corrected chi connectivity index (χ2v) is 13.2. The van der Waals surface area contributed by atoms with Gasteiger partial charge < -0.3 is 4.74 Å². The maximum atomic E-state index is 15.0. The van der Waals surface area contributed by atoms with Gasteiger partial charge in [-0.05, 0) is 103 Å². The molecular weight excluding hydrogens is 536 g/mol. The number of unbranched alkanes of at least 4 members (excludes halogenated alkanes) is 4. The molecule has 0 bridgehead atoms. The Kier molecular flexibility index (Phi) is 12.8. The van der Waals surface area contributed by atoms with Crippen molar-refractivity contribution >= 4 is 0 Å². The van der Waals surface area contributed by atoms with Crippen LogP contribution in [0.4, 0.5) is 17.6 Å². The van der Waals surface area contributed by atoms with Crippen molar-refractivity contribution in [2.75, 3.05) is 0 Å². The lowest BCUT2D eigenvalue weighted by molar-refractivity contribution is -0.282. The first-order valence-corrected chi connectivity index (χ1v) is 16.8. The van der Waals surface area contributed by atoms with Gasteiger partial charge in [-0.25, -0.2) is 8.78 Å². The van der Waals surface area contributed by atoms with Crippen LogP contribution in [0, 0.1) is 17.7 Å². The maximum absolute atomic E-state index is 15.0. The zero-order chi connectivity index (χ0) is 30.0. The van der Waals surface area contributed by atoms with Crippen molar-refractivity contribution < 1.29 is 22.3 Å². The van der Waals surface area contributed by atoms with E-state index in [1.54, 1.807) is 24.3 Å². The van der Waals surface area contributed by atoms with Crippen LogP contribution in [0.2, 0.25) is 0 Å². The van der Waals surface area contributed by atoms with E-state index in [0.717, 1.165) is 55.9 Å². The van der Waals surface area contributed by atoms with Crippen LogP contribution in [0.3, 0.4) is 0 Å². The summed E-state index contributed by atoms with van der Waals surface area (Å²) in [5, 5.41) is 0. The highest BCUT2D eigenvalue weighted by atomic mass is 19.3. The number of alkyl halides is 3. The molecule has 2 saturated carbocycles. The Morgan fingerprint density at radius 2 is 1.29 bits per heavy atom. The number of halogens is 4. The Balaban J connectivity index is 1.25. The third-order valence-corrected chi connectivity index (χ3v) is 10.1. The second-order valence-electron chi connectivity index (χ2n) is 13.2. The van der Waals surface area contributed by atoms with Crippen LogP contribution in [0.15, 0.2) is 42.5 Å². The summed E-state index contributed by atoms with van der Waals surface area (Å²) in [6.45, 7) is 3.89. The summed E-state index contributed by atoms with van der Waals surface area (Å²) in [7, 11) is 0. The number of rotatable bonds is 15. The molecule has 234 valence electrons. The van der Waals surface area contributed by atoms with E-state index >= 15 is 0 Å². The Labute approximate surface area is 251 Å². The van der Waals surface area contributed by atoms with Gasteiger partial charge in [-0.1, -0.05) is 102 Å². The Morgan fingerprint density at radius 3 is 1.81 bits per heavy atom. The molecule has 0 spiro atoms. The van der Waals surface area contributed by atoms with Gasteiger partial charge in [0.25, 0.3) is 0 Å². The van der Waals surface area contributed by atoms with Gasteiger partial charge in [-0.15, -0.1) is 0 Å². The van der Waals surface area contributed by atoms with E-state index in [0.29, 0.717) is 11.5 Å². The molecule has 0 radical (unpaired) electrons. The molecule has 42 heavy (non-hydrogen) atoms. The molecule has 1 nitrogen and oxygen atoms in total. The highest BCUT2D eigenvalue weighted by molar-refractivity contribution is 5.29. The van der Waals surface area contributed by atoms with E-state index in [2.05, 4.69) is 13.8 Å². The van der Waals surface area contributed by atoms with Crippen LogP contribution in [-0.4, -0.2) is 6.11 Å². The lowest BCUT2D eigenvalue weighted by Gasteiger charge is -2.29. The molecule has 1 unspecified atom stereocenters. The summed E-state index contributed by atoms with van der Waals surface area (Å²) in [4.78, 5) is 0. The molecule has 2 aromatic rings. The standard InChI is InChI=1S/C37H52F4O/c1-3-5-7-9-27-11-16-30(17-12-27)31-20-22-33(23-21-31)36(39)37(40,41)42-26-29-15-24-34(35(38)25-29)32-18-13-28(14-19-32)10-8-6-4-2/h15,20-25,27-28,30,32,36H,3-14,16-19,26H2,1-2H3. The Bertz CT molecular complexity index is 1050. The second kappa shape index (κ2) is 16.3. The molecule has 2 fully saturated rings. The van der Waals surface area contributed by atoms with E-state index in [4.69, 9.17) is 4.74 Å². The normalized spacial score (nSPS) is 24.0. The van der Waals surface area contributed by atoms with Crippen LogP contribution >= 0.6 is 0 Å². The first-order chi connectivity index (χ1) is 20.3. The van der Waals surface area contributed by atoms with Gasteiger partial charge in [0.15, 0.2) is 0 Å². The fourth-order valence-electron chi connectivity index (χ4n) is 7.29. The van der Waals surface area contributed by atoms with Gasteiger partial charge in [0, 0.05) is 0 Å². The van der Waals surface area contributed by atoms with E-state index < -0.39 is 18.9 Å². The van der Waals surface area contributed by atoms with Gasteiger partial charge in [-0.3, -0.25) is 0 Å². The molecule has 0 aromatic heterocycles.